The van der Waals surface area contributed by atoms with Crippen molar-refractivity contribution in [3.05, 3.63) is 51.4 Å². The molecule has 0 saturated carbocycles. The molecule has 0 fully saturated rings. The average Bonchev–Trinajstić information content (AvgIpc) is 2.26. The molecule has 3 nitrogen and oxygen atoms in total. The first kappa shape index (κ1) is 12.1. The summed E-state index contributed by atoms with van der Waals surface area (Å²) in [6.07, 6.45) is 0. The molecule has 0 aliphatic carbocycles. The normalized spacial score (nSPS) is 10.5. The second kappa shape index (κ2) is 4.85. The molecule has 0 radical (unpaired) electrons. The zero-order valence-electron chi connectivity index (χ0n) is 9.03. The first-order chi connectivity index (χ1) is 8.06. The van der Waals surface area contributed by atoms with Crippen LogP contribution in [0.25, 0.3) is 0 Å². The molecule has 0 aliphatic heterocycles. The Hall–Kier alpha value is -1.39. The van der Waals surface area contributed by atoms with E-state index < -0.39 is 0 Å². The van der Waals surface area contributed by atoms with Crippen LogP contribution in [0.4, 0.5) is 0 Å². The molecule has 0 atom stereocenters. The average molecular weight is 268 g/mol. The maximum atomic E-state index is 11.7. The fraction of sp³-hybridized carbons (Fsp3) is 0.0833. The minimum Gasteiger partial charge on any atom is -0.506 e. The Morgan fingerprint density at radius 1 is 1.29 bits per heavy atom. The molecule has 17 heavy (non-hydrogen) atoms. The molecule has 0 aliphatic rings. The lowest BCUT2D eigenvalue weighted by molar-refractivity contribution is 0.459. The number of H-pyrrole nitrogens is 1. The highest BCUT2D eigenvalue weighted by molar-refractivity contribution is 7.99. The van der Waals surface area contributed by atoms with Gasteiger partial charge in [-0.25, -0.2) is 0 Å². The van der Waals surface area contributed by atoms with Gasteiger partial charge in [0, 0.05) is 21.7 Å². The molecule has 5 heteroatoms. The van der Waals surface area contributed by atoms with Crippen LogP contribution in [-0.2, 0) is 0 Å². The van der Waals surface area contributed by atoms with Gasteiger partial charge in [-0.15, -0.1) is 0 Å². The van der Waals surface area contributed by atoms with Crippen LogP contribution in [0.1, 0.15) is 5.69 Å². The molecule has 0 spiro atoms. The first-order valence-corrected chi connectivity index (χ1v) is 6.12. The van der Waals surface area contributed by atoms with Crippen molar-refractivity contribution in [2.45, 2.75) is 16.7 Å². The summed E-state index contributed by atoms with van der Waals surface area (Å²) in [5.74, 6) is -0.00815. The second-order valence-electron chi connectivity index (χ2n) is 3.55. The number of benzene rings is 1. The summed E-state index contributed by atoms with van der Waals surface area (Å²) >= 11 is 6.98. The minimum absolute atomic E-state index is 0.00815. The Kier molecular flexibility index (Phi) is 3.45. The summed E-state index contributed by atoms with van der Waals surface area (Å²) in [4.78, 5) is 15.5. The highest BCUT2D eigenvalue weighted by atomic mass is 35.5. The van der Waals surface area contributed by atoms with E-state index in [4.69, 9.17) is 11.6 Å². The number of hydrogen-bond donors (Lipinski definition) is 2. The molecule has 1 heterocycles. The van der Waals surface area contributed by atoms with Gasteiger partial charge in [-0.1, -0.05) is 23.4 Å². The molecular formula is C12H10ClNO2S. The summed E-state index contributed by atoms with van der Waals surface area (Å²) < 4.78 is 0. The number of aromatic nitrogens is 1. The van der Waals surface area contributed by atoms with E-state index >= 15 is 0 Å². The topological polar surface area (TPSA) is 53.1 Å². The number of hydrogen-bond acceptors (Lipinski definition) is 3. The second-order valence-corrected chi connectivity index (χ2v) is 5.07. The fourth-order valence-corrected chi connectivity index (χ4v) is 2.32. The van der Waals surface area contributed by atoms with E-state index in [2.05, 4.69) is 4.98 Å². The van der Waals surface area contributed by atoms with Crippen LogP contribution in [0.3, 0.4) is 0 Å². The van der Waals surface area contributed by atoms with Crippen LogP contribution >= 0.6 is 23.4 Å². The van der Waals surface area contributed by atoms with E-state index in [9.17, 15) is 9.90 Å². The molecule has 88 valence electrons. The molecular weight excluding hydrogens is 258 g/mol. The summed E-state index contributed by atoms with van der Waals surface area (Å²) in [5, 5.41) is 10.4. The van der Waals surface area contributed by atoms with Gasteiger partial charge in [0.1, 0.15) is 10.6 Å². The van der Waals surface area contributed by atoms with Gasteiger partial charge in [-0.3, -0.25) is 4.79 Å². The van der Waals surface area contributed by atoms with Crippen molar-refractivity contribution in [3.63, 3.8) is 0 Å². The Balaban J connectivity index is 2.36. The van der Waals surface area contributed by atoms with E-state index in [1.807, 2.05) is 0 Å². The molecule has 0 saturated heterocycles. The molecule has 2 aromatic rings. The van der Waals surface area contributed by atoms with Crippen LogP contribution < -0.4 is 5.56 Å². The highest BCUT2D eigenvalue weighted by Gasteiger charge is 2.09. The maximum Gasteiger partial charge on any atom is 0.265 e. The third kappa shape index (κ3) is 2.84. The molecule has 1 aromatic heterocycles. The molecule has 1 aromatic carbocycles. The quantitative estimate of drug-likeness (QED) is 0.879. The van der Waals surface area contributed by atoms with E-state index in [0.29, 0.717) is 10.7 Å². The third-order valence-corrected chi connectivity index (χ3v) is 3.49. The maximum absolute atomic E-state index is 11.7. The number of halogens is 1. The Morgan fingerprint density at radius 2 is 1.94 bits per heavy atom. The number of nitrogens with one attached hydrogen (secondary N) is 1. The summed E-state index contributed by atoms with van der Waals surface area (Å²) in [7, 11) is 0. The number of aromatic amines is 1. The van der Waals surface area contributed by atoms with Crippen LogP contribution in [0.15, 0.2) is 44.9 Å². The lowest BCUT2D eigenvalue weighted by atomic mass is 10.3. The van der Waals surface area contributed by atoms with E-state index in [1.54, 1.807) is 31.2 Å². The van der Waals surface area contributed by atoms with Gasteiger partial charge in [0.25, 0.3) is 5.56 Å². The Morgan fingerprint density at radius 3 is 2.53 bits per heavy atom. The van der Waals surface area contributed by atoms with Crippen LogP contribution in [-0.4, -0.2) is 10.1 Å². The monoisotopic (exact) mass is 267 g/mol. The van der Waals surface area contributed by atoms with Gasteiger partial charge in [0.2, 0.25) is 0 Å². The minimum atomic E-state index is -0.289. The number of rotatable bonds is 2. The number of aromatic hydroxyl groups is 1. The number of aryl methyl sites for hydroxylation is 1. The predicted octanol–water partition coefficient (Wildman–Crippen LogP) is 3.19. The van der Waals surface area contributed by atoms with Crippen molar-refractivity contribution in [3.8, 4) is 5.75 Å². The molecule has 0 unspecified atom stereocenters. The highest BCUT2D eigenvalue weighted by Crippen LogP contribution is 2.31. The summed E-state index contributed by atoms with van der Waals surface area (Å²) in [6.45, 7) is 1.72. The zero-order chi connectivity index (χ0) is 12.4. The lowest BCUT2D eigenvalue weighted by Crippen LogP contribution is -2.09. The smallest absolute Gasteiger partial charge is 0.265 e. The van der Waals surface area contributed by atoms with Crippen molar-refractivity contribution in [1.82, 2.24) is 4.98 Å². The summed E-state index contributed by atoms with van der Waals surface area (Å²) in [5.41, 5.74) is 0.343. The largest absolute Gasteiger partial charge is 0.506 e. The van der Waals surface area contributed by atoms with Crippen LogP contribution in [0.2, 0.25) is 5.02 Å². The fourth-order valence-electron chi connectivity index (χ4n) is 1.38. The Labute approximate surface area is 107 Å². The van der Waals surface area contributed by atoms with Gasteiger partial charge in [-0.05, 0) is 31.2 Å². The van der Waals surface area contributed by atoms with Gasteiger partial charge in [0.15, 0.2) is 0 Å². The number of pyridine rings is 1. The van der Waals surface area contributed by atoms with E-state index in [0.717, 1.165) is 4.90 Å². The van der Waals surface area contributed by atoms with E-state index in [-0.39, 0.29) is 16.2 Å². The van der Waals surface area contributed by atoms with Gasteiger partial charge >= 0.3 is 0 Å². The lowest BCUT2D eigenvalue weighted by Gasteiger charge is -2.04. The van der Waals surface area contributed by atoms with Crippen LogP contribution in [0.5, 0.6) is 5.75 Å². The predicted molar refractivity (Wildman–Crippen MR) is 69.0 cm³/mol. The molecule has 2 rings (SSSR count). The van der Waals surface area contributed by atoms with Crippen molar-refractivity contribution in [1.29, 1.82) is 0 Å². The van der Waals surface area contributed by atoms with E-state index in [1.165, 1.54) is 17.8 Å². The van der Waals surface area contributed by atoms with Gasteiger partial charge in [0.05, 0.1) is 0 Å². The van der Waals surface area contributed by atoms with Gasteiger partial charge in [-0.2, -0.15) is 0 Å². The Bertz CT molecular complexity index is 592. The molecule has 0 bridgehead atoms. The molecule has 0 amide bonds. The standard InChI is InChI=1S/C12H10ClNO2S/c1-7-6-10(15)11(12(16)14-7)17-9-4-2-8(13)3-5-9/h2-6H,1H3,(H2,14,15,16). The summed E-state index contributed by atoms with van der Waals surface area (Å²) in [6, 6.07) is 8.60. The van der Waals surface area contributed by atoms with Crippen molar-refractivity contribution < 1.29 is 5.11 Å². The first-order valence-electron chi connectivity index (χ1n) is 4.92. The SMILES string of the molecule is Cc1cc(O)c(Sc2ccc(Cl)cc2)c(=O)[nH]1. The molecule has 2 N–H and O–H groups in total. The third-order valence-electron chi connectivity index (χ3n) is 2.14. The zero-order valence-corrected chi connectivity index (χ0v) is 10.6. The van der Waals surface area contributed by atoms with Crippen molar-refractivity contribution in [2.75, 3.05) is 0 Å². The van der Waals surface area contributed by atoms with Crippen molar-refractivity contribution >= 4 is 23.4 Å². The van der Waals surface area contributed by atoms with Crippen molar-refractivity contribution in [2.24, 2.45) is 0 Å². The van der Waals surface area contributed by atoms with Gasteiger partial charge < -0.3 is 10.1 Å². The van der Waals surface area contributed by atoms with Crippen LogP contribution in [0, 0.1) is 6.92 Å².